The molecule has 0 unspecified atom stereocenters. The molecular formula is C9H12N2O2. The minimum Gasteiger partial charge on any atom is -0.464 e. The second kappa shape index (κ2) is 4.02. The summed E-state index contributed by atoms with van der Waals surface area (Å²) in [6, 6.07) is 9.08. The van der Waals surface area contributed by atoms with E-state index in [1.54, 1.807) is 12.1 Å². The van der Waals surface area contributed by atoms with Crippen molar-refractivity contribution in [2.45, 2.75) is 5.66 Å². The Labute approximate surface area is 76.5 Å². The highest BCUT2D eigenvalue weighted by Crippen LogP contribution is 2.11. The van der Waals surface area contributed by atoms with Gasteiger partial charge in [-0.05, 0) is 5.56 Å². The van der Waals surface area contributed by atoms with Gasteiger partial charge in [-0.3, -0.25) is 4.79 Å². The van der Waals surface area contributed by atoms with Crippen LogP contribution in [0.2, 0.25) is 0 Å². The van der Waals surface area contributed by atoms with Crippen LogP contribution in [0.25, 0.3) is 0 Å². The Bertz CT molecular complexity index is 272. The summed E-state index contributed by atoms with van der Waals surface area (Å²) in [4.78, 5) is 9.95. The Hall–Kier alpha value is -1.39. The van der Waals surface area contributed by atoms with E-state index in [9.17, 15) is 4.79 Å². The van der Waals surface area contributed by atoms with Crippen LogP contribution in [0.4, 0.5) is 0 Å². The summed E-state index contributed by atoms with van der Waals surface area (Å²) in [5, 5.41) is 0. The van der Waals surface area contributed by atoms with E-state index in [2.05, 4.69) is 4.74 Å². The zero-order valence-electron chi connectivity index (χ0n) is 7.14. The summed E-state index contributed by atoms with van der Waals surface area (Å²) in [7, 11) is 0. The van der Waals surface area contributed by atoms with Crippen LogP contribution in [-0.4, -0.2) is 13.1 Å². The molecule has 0 radical (unpaired) electrons. The number of carbonyl (C=O) groups excluding carboxylic acids is 1. The molecule has 13 heavy (non-hydrogen) atoms. The summed E-state index contributed by atoms with van der Waals surface area (Å²) in [6.45, 7) is 0.303. The maximum atomic E-state index is 9.95. The first-order chi connectivity index (χ1) is 6.17. The second-order valence-electron chi connectivity index (χ2n) is 2.81. The van der Waals surface area contributed by atoms with Gasteiger partial charge in [0.2, 0.25) is 0 Å². The fourth-order valence-electron chi connectivity index (χ4n) is 1.00. The SMILES string of the molecule is NC(N)(COC=O)c1ccccc1. The van der Waals surface area contributed by atoms with E-state index in [1.807, 2.05) is 18.2 Å². The van der Waals surface area contributed by atoms with Crippen molar-refractivity contribution in [1.29, 1.82) is 0 Å². The van der Waals surface area contributed by atoms with Crippen molar-refractivity contribution in [3.05, 3.63) is 35.9 Å². The number of ether oxygens (including phenoxy) is 1. The first-order valence-electron chi connectivity index (χ1n) is 3.85. The molecule has 0 aliphatic heterocycles. The average molecular weight is 180 g/mol. The van der Waals surface area contributed by atoms with Crippen LogP contribution >= 0.6 is 0 Å². The summed E-state index contributed by atoms with van der Waals surface area (Å²) < 4.78 is 4.52. The van der Waals surface area contributed by atoms with Gasteiger partial charge in [-0.2, -0.15) is 0 Å². The summed E-state index contributed by atoms with van der Waals surface area (Å²) in [6.07, 6.45) is 0. The molecule has 4 nitrogen and oxygen atoms in total. The number of nitrogens with two attached hydrogens (primary N) is 2. The molecular weight excluding hydrogens is 168 g/mol. The van der Waals surface area contributed by atoms with Gasteiger partial charge < -0.3 is 16.2 Å². The molecule has 0 heterocycles. The van der Waals surface area contributed by atoms with Crippen LogP contribution in [0.3, 0.4) is 0 Å². The predicted molar refractivity (Wildman–Crippen MR) is 48.5 cm³/mol. The zero-order valence-corrected chi connectivity index (χ0v) is 7.14. The third kappa shape index (κ3) is 2.54. The lowest BCUT2D eigenvalue weighted by molar-refractivity contribution is -0.130. The summed E-state index contributed by atoms with van der Waals surface area (Å²) in [5.74, 6) is 0. The fourth-order valence-corrected chi connectivity index (χ4v) is 1.00. The molecule has 0 saturated heterocycles. The number of benzene rings is 1. The largest absolute Gasteiger partial charge is 0.464 e. The van der Waals surface area contributed by atoms with Crippen molar-refractivity contribution in [2.75, 3.05) is 6.61 Å². The molecule has 4 heteroatoms. The van der Waals surface area contributed by atoms with Crippen LogP contribution in [0, 0.1) is 0 Å². The third-order valence-corrected chi connectivity index (χ3v) is 1.70. The van der Waals surface area contributed by atoms with E-state index in [4.69, 9.17) is 11.5 Å². The molecule has 0 aliphatic carbocycles. The molecule has 0 aromatic heterocycles. The van der Waals surface area contributed by atoms with Crippen molar-refractivity contribution >= 4 is 6.47 Å². The molecule has 1 rings (SSSR count). The maximum absolute atomic E-state index is 9.95. The van der Waals surface area contributed by atoms with Crippen molar-refractivity contribution in [3.8, 4) is 0 Å². The van der Waals surface area contributed by atoms with Gasteiger partial charge in [0.05, 0.1) is 0 Å². The van der Waals surface area contributed by atoms with Gasteiger partial charge in [0.1, 0.15) is 12.3 Å². The van der Waals surface area contributed by atoms with Crippen LogP contribution in [0.15, 0.2) is 30.3 Å². The Morgan fingerprint density at radius 3 is 2.46 bits per heavy atom. The van der Waals surface area contributed by atoms with E-state index in [-0.39, 0.29) is 6.61 Å². The highest BCUT2D eigenvalue weighted by Gasteiger charge is 2.21. The molecule has 0 amide bonds. The van der Waals surface area contributed by atoms with E-state index >= 15 is 0 Å². The van der Waals surface area contributed by atoms with E-state index in [1.165, 1.54) is 0 Å². The van der Waals surface area contributed by atoms with Crippen molar-refractivity contribution in [3.63, 3.8) is 0 Å². The smallest absolute Gasteiger partial charge is 0.293 e. The summed E-state index contributed by atoms with van der Waals surface area (Å²) >= 11 is 0. The number of carbonyl (C=O) groups is 1. The number of hydrogen-bond donors (Lipinski definition) is 2. The standard InChI is InChI=1S/C9H12N2O2/c10-9(11,6-13-7-12)8-4-2-1-3-5-8/h1-5,7H,6,10-11H2. The van der Waals surface area contributed by atoms with Gasteiger partial charge in [0.25, 0.3) is 6.47 Å². The fraction of sp³-hybridized carbons (Fsp3) is 0.222. The highest BCUT2D eigenvalue weighted by molar-refractivity contribution is 5.37. The third-order valence-electron chi connectivity index (χ3n) is 1.70. The van der Waals surface area contributed by atoms with Crippen LogP contribution < -0.4 is 11.5 Å². The minimum absolute atomic E-state index is 0.0273. The van der Waals surface area contributed by atoms with E-state index < -0.39 is 5.66 Å². The Kier molecular flexibility index (Phi) is 3.00. The monoisotopic (exact) mass is 180 g/mol. The minimum atomic E-state index is -1.11. The molecule has 1 aromatic carbocycles. The first-order valence-corrected chi connectivity index (χ1v) is 3.85. The van der Waals surface area contributed by atoms with Gasteiger partial charge in [-0.15, -0.1) is 0 Å². The normalized spacial score (nSPS) is 10.9. The van der Waals surface area contributed by atoms with Gasteiger partial charge in [0.15, 0.2) is 0 Å². The molecule has 0 saturated carbocycles. The zero-order chi connectivity index (χ0) is 9.73. The maximum Gasteiger partial charge on any atom is 0.293 e. The van der Waals surface area contributed by atoms with Crippen molar-refractivity contribution < 1.29 is 9.53 Å². The molecule has 0 fully saturated rings. The molecule has 70 valence electrons. The predicted octanol–water partition coefficient (Wildman–Crippen LogP) is -0.0702. The highest BCUT2D eigenvalue weighted by atomic mass is 16.5. The van der Waals surface area contributed by atoms with E-state index in [0.717, 1.165) is 5.56 Å². The van der Waals surface area contributed by atoms with Crippen molar-refractivity contribution in [2.24, 2.45) is 11.5 Å². The topological polar surface area (TPSA) is 78.3 Å². The lowest BCUT2D eigenvalue weighted by atomic mass is 10.0. The van der Waals surface area contributed by atoms with Crippen LogP contribution in [-0.2, 0) is 15.2 Å². The second-order valence-corrected chi connectivity index (χ2v) is 2.81. The molecule has 0 aliphatic rings. The molecule has 1 aromatic rings. The Balaban J connectivity index is 2.74. The first kappa shape index (κ1) is 9.70. The average Bonchev–Trinajstić information content (AvgIpc) is 2.16. The molecule has 4 N–H and O–H groups in total. The lowest BCUT2D eigenvalue weighted by Gasteiger charge is -2.23. The number of hydrogen-bond acceptors (Lipinski definition) is 4. The molecule has 0 spiro atoms. The van der Waals surface area contributed by atoms with E-state index in [0.29, 0.717) is 6.47 Å². The number of rotatable bonds is 4. The van der Waals surface area contributed by atoms with Gasteiger partial charge in [0, 0.05) is 0 Å². The Morgan fingerprint density at radius 1 is 1.31 bits per heavy atom. The molecule has 0 bridgehead atoms. The van der Waals surface area contributed by atoms with Gasteiger partial charge in [-0.25, -0.2) is 0 Å². The lowest BCUT2D eigenvalue weighted by Crippen LogP contribution is -2.50. The van der Waals surface area contributed by atoms with Crippen LogP contribution in [0.1, 0.15) is 5.56 Å². The van der Waals surface area contributed by atoms with Crippen molar-refractivity contribution in [1.82, 2.24) is 0 Å². The van der Waals surface area contributed by atoms with Gasteiger partial charge in [-0.1, -0.05) is 30.3 Å². The quantitative estimate of drug-likeness (QED) is 0.502. The Morgan fingerprint density at radius 2 is 1.92 bits per heavy atom. The van der Waals surface area contributed by atoms with Gasteiger partial charge >= 0.3 is 0 Å². The van der Waals surface area contributed by atoms with Crippen LogP contribution in [0.5, 0.6) is 0 Å². The molecule has 0 atom stereocenters. The summed E-state index contributed by atoms with van der Waals surface area (Å²) in [5.41, 5.74) is 11.1.